The number of piperidine rings is 1. The lowest BCUT2D eigenvalue weighted by molar-refractivity contribution is 0.0940. The van der Waals surface area contributed by atoms with E-state index in [-0.39, 0.29) is 5.91 Å². The van der Waals surface area contributed by atoms with Crippen molar-refractivity contribution in [2.24, 2.45) is 5.92 Å². The van der Waals surface area contributed by atoms with E-state index in [1.54, 1.807) is 23.1 Å². The van der Waals surface area contributed by atoms with Gasteiger partial charge in [0.1, 0.15) is 5.69 Å². The molecular formula is C15H19N5O. The molecule has 0 bridgehead atoms. The monoisotopic (exact) mass is 285 g/mol. The summed E-state index contributed by atoms with van der Waals surface area (Å²) in [7, 11) is 0. The van der Waals surface area contributed by atoms with Crippen molar-refractivity contribution in [3.8, 4) is 5.69 Å². The Kier molecular flexibility index (Phi) is 4.25. The molecule has 1 aliphatic heterocycles. The molecule has 1 aliphatic rings. The first-order valence-electron chi connectivity index (χ1n) is 7.28. The molecule has 0 radical (unpaired) electrons. The Hall–Kier alpha value is -2.21. The van der Waals surface area contributed by atoms with Crippen molar-refractivity contribution in [2.75, 3.05) is 19.6 Å². The fourth-order valence-electron chi connectivity index (χ4n) is 2.53. The maximum atomic E-state index is 12.2. The van der Waals surface area contributed by atoms with Crippen molar-refractivity contribution in [1.29, 1.82) is 0 Å². The van der Waals surface area contributed by atoms with Crippen molar-refractivity contribution in [3.63, 3.8) is 0 Å². The normalized spacial score (nSPS) is 18.4. The zero-order valence-corrected chi connectivity index (χ0v) is 11.8. The lowest BCUT2D eigenvalue weighted by atomic mass is 10.00. The van der Waals surface area contributed by atoms with Gasteiger partial charge in [0.15, 0.2) is 0 Å². The van der Waals surface area contributed by atoms with Gasteiger partial charge in [-0.05, 0) is 50.0 Å². The van der Waals surface area contributed by atoms with Crippen molar-refractivity contribution >= 4 is 5.91 Å². The first kappa shape index (κ1) is 13.8. The second-order valence-electron chi connectivity index (χ2n) is 5.27. The van der Waals surface area contributed by atoms with E-state index in [4.69, 9.17) is 0 Å². The van der Waals surface area contributed by atoms with E-state index >= 15 is 0 Å². The van der Waals surface area contributed by atoms with Crippen LogP contribution < -0.4 is 10.6 Å². The molecule has 6 heteroatoms. The Morgan fingerprint density at radius 1 is 1.48 bits per heavy atom. The third-order valence-corrected chi connectivity index (χ3v) is 3.70. The number of nitrogens with zero attached hydrogens (tertiary/aromatic N) is 3. The van der Waals surface area contributed by atoms with Crippen LogP contribution >= 0.6 is 0 Å². The molecule has 6 nitrogen and oxygen atoms in total. The second-order valence-corrected chi connectivity index (χ2v) is 5.27. The summed E-state index contributed by atoms with van der Waals surface area (Å²) in [6.45, 7) is 2.75. The Labute approximate surface area is 123 Å². The first-order valence-corrected chi connectivity index (χ1v) is 7.28. The Morgan fingerprint density at radius 2 is 2.43 bits per heavy atom. The maximum Gasteiger partial charge on any atom is 0.269 e. The van der Waals surface area contributed by atoms with Gasteiger partial charge >= 0.3 is 0 Å². The van der Waals surface area contributed by atoms with Crippen LogP contribution in [0.2, 0.25) is 0 Å². The molecule has 1 fully saturated rings. The number of amides is 1. The molecule has 21 heavy (non-hydrogen) atoms. The molecule has 2 aromatic heterocycles. The fraction of sp³-hybridized carbons (Fsp3) is 0.400. The average molecular weight is 285 g/mol. The molecule has 1 saturated heterocycles. The molecule has 0 spiro atoms. The first-order chi connectivity index (χ1) is 10.3. The summed E-state index contributed by atoms with van der Waals surface area (Å²) in [4.78, 5) is 16.3. The zero-order chi connectivity index (χ0) is 14.5. The van der Waals surface area contributed by atoms with E-state index in [2.05, 4.69) is 20.7 Å². The molecule has 110 valence electrons. The van der Waals surface area contributed by atoms with E-state index in [1.807, 2.05) is 18.3 Å². The Morgan fingerprint density at radius 3 is 3.19 bits per heavy atom. The van der Waals surface area contributed by atoms with Gasteiger partial charge in [-0.25, -0.2) is 4.68 Å². The maximum absolute atomic E-state index is 12.2. The van der Waals surface area contributed by atoms with Crippen LogP contribution in [0.4, 0.5) is 0 Å². The highest BCUT2D eigenvalue weighted by Gasteiger charge is 2.15. The molecule has 1 atom stereocenters. The molecule has 1 unspecified atom stereocenters. The number of aromatic nitrogens is 3. The highest BCUT2D eigenvalue weighted by atomic mass is 16.1. The molecular weight excluding hydrogens is 266 g/mol. The van der Waals surface area contributed by atoms with Crippen LogP contribution in [-0.2, 0) is 0 Å². The minimum Gasteiger partial charge on any atom is -0.350 e. The largest absolute Gasteiger partial charge is 0.350 e. The van der Waals surface area contributed by atoms with Crippen molar-refractivity contribution in [2.45, 2.75) is 12.8 Å². The Bertz CT molecular complexity index is 590. The standard InChI is InChI=1S/C15H19N5O/c21-15(18-11-12-3-1-5-16-10-12)14-9-13(4-7-17-14)20-8-2-6-19-20/h2,4,6-9,12,16H,1,3,5,10-11H2,(H,18,21). The van der Waals surface area contributed by atoms with Gasteiger partial charge in [0.25, 0.3) is 5.91 Å². The van der Waals surface area contributed by atoms with Crippen molar-refractivity contribution in [1.82, 2.24) is 25.4 Å². The van der Waals surface area contributed by atoms with Gasteiger partial charge in [-0.15, -0.1) is 0 Å². The number of hydrogen-bond donors (Lipinski definition) is 2. The minimum absolute atomic E-state index is 0.130. The molecule has 3 rings (SSSR count). The second kappa shape index (κ2) is 6.49. The highest BCUT2D eigenvalue weighted by Crippen LogP contribution is 2.10. The van der Waals surface area contributed by atoms with E-state index < -0.39 is 0 Å². The molecule has 3 heterocycles. The summed E-state index contributed by atoms with van der Waals surface area (Å²) in [6, 6.07) is 5.42. The summed E-state index contributed by atoms with van der Waals surface area (Å²) in [5, 5.41) is 10.5. The number of carbonyl (C=O) groups excluding carboxylic acids is 1. The molecule has 0 saturated carbocycles. The zero-order valence-electron chi connectivity index (χ0n) is 11.8. The van der Waals surface area contributed by atoms with E-state index in [9.17, 15) is 4.79 Å². The van der Waals surface area contributed by atoms with E-state index in [1.165, 1.54) is 6.42 Å². The highest BCUT2D eigenvalue weighted by molar-refractivity contribution is 5.92. The van der Waals surface area contributed by atoms with Crippen LogP contribution in [0.3, 0.4) is 0 Å². The number of carbonyl (C=O) groups is 1. The summed E-state index contributed by atoms with van der Waals surface area (Å²) in [5.74, 6) is 0.381. The summed E-state index contributed by atoms with van der Waals surface area (Å²) >= 11 is 0. The lowest BCUT2D eigenvalue weighted by Gasteiger charge is -2.22. The van der Waals surface area contributed by atoms with Crippen LogP contribution in [0.5, 0.6) is 0 Å². The summed E-state index contributed by atoms with van der Waals surface area (Å²) < 4.78 is 1.71. The lowest BCUT2D eigenvalue weighted by Crippen LogP contribution is -2.38. The van der Waals surface area contributed by atoms with Gasteiger partial charge in [0.2, 0.25) is 0 Å². The molecule has 1 amide bonds. The number of rotatable bonds is 4. The molecule has 0 aromatic carbocycles. The molecule has 0 aliphatic carbocycles. The third-order valence-electron chi connectivity index (χ3n) is 3.70. The van der Waals surface area contributed by atoms with E-state index in [0.717, 1.165) is 25.2 Å². The number of hydrogen-bond acceptors (Lipinski definition) is 4. The van der Waals surface area contributed by atoms with Crippen LogP contribution in [-0.4, -0.2) is 40.3 Å². The van der Waals surface area contributed by atoms with Gasteiger partial charge in [0.05, 0.1) is 5.69 Å². The van der Waals surface area contributed by atoms with Gasteiger partial charge < -0.3 is 10.6 Å². The minimum atomic E-state index is -0.130. The predicted octanol–water partition coefficient (Wildman–Crippen LogP) is 0.997. The molecule has 2 aromatic rings. The van der Waals surface area contributed by atoms with Crippen LogP contribution in [0.25, 0.3) is 5.69 Å². The van der Waals surface area contributed by atoms with Crippen LogP contribution in [0.15, 0.2) is 36.8 Å². The van der Waals surface area contributed by atoms with Crippen molar-refractivity contribution in [3.05, 3.63) is 42.5 Å². The number of nitrogens with one attached hydrogen (secondary N) is 2. The van der Waals surface area contributed by atoms with Crippen molar-refractivity contribution < 1.29 is 4.79 Å². The van der Waals surface area contributed by atoms with E-state index in [0.29, 0.717) is 18.2 Å². The quantitative estimate of drug-likeness (QED) is 0.879. The van der Waals surface area contributed by atoms with Crippen LogP contribution in [0.1, 0.15) is 23.3 Å². The SMILES string of the molecule is O=C(NCC1CCCNC1)c1cc(-n2cccn2)ccn1. The van der Waals surface area contributed by atoms with Gasteiger partial charge in [-0.2, -0.15) is 5.10 Å². The predicted molar refractivity (Wildman–Crippen MR) is 79.3 cm³/mol. The average Bonchev–Trinajstić information content (AvgIpc) is 3.08. The smallest absolute Gasteiger partial charge is 0.269 e. The summed E-state index contributed by atoms with van der Waals surface area (Å²) in [6.07, 6.45) is 7.51. The van der Waals surface area contributed by atoms with Gasteiger partial charge in [0, 0.05) is 25.1 Å². The van der Waals surface area contributed by atoms with Crippen LogP contribution in [0, 0.1) is 5.92 Å². The van der Waals surface area contributed by atoms with Gasteiger partial charge in [-0.1, -0.05) is 0 Å². The molecule has 2 N–H and O–H groups in total. The summed E-state index contributed by atoms with van der Waals surface area (Å²) in [5.41, 5.74) is 1.26. The topological polar surface area (TPSA) is 71.8 Å². The Balaban J connectivity index is 1.63. The number of pyridine rings is 1. The fourth-order valence-corrected chi connectivity index (χ4v) is 2.53. The third kappa shape index (κ3) is 3.46. The van der Waals surface area contributed by atoms with Gasteiger partial charge in [-0.3, -0.25) is 9.78 Å².